The summed E-state index contributed by atoms with van der Waals surface area (Å²) >= 11 is 0. The second-order valence-corrected chi connectivity index (χ2v) is 3.78. The van der Waals surface area contributed by atoms with Crippen LogP contribution < -0.4 is 4.74 Å². The Bertz CT molecular complexity index is 654. The summed E-state index contributed by atoms with van der Waals surface area (Å²) in [7, 11) is 0. The Balaban J connectivity index is 2.10. The molecule has 0 amide bonds. The number of halogens is 2. The van der Waals surface area contributed by atoms with Crippen molar-refractivity contribution in [2.75, 3.05) is 0 Å². The zero-order valence-electron chi connectivity index (χ0n) is 10.1. The minimum absolute atomic E-state index is 0.116. The van der Waals surface area contributed by atoms with Gasteiger partial charge in [0, 0.05) is 24.4 Å². The van der Waals surface area contributed by atoms with Gasteiger partial charge in [-0.3, -0.25) is 0 Å². The van der Waals surface area contributed by atoms with Gasteiger partial charge in [0.25, 0.3) is 0 Å². The molecule has 4 nitrogen and oxygen atoms in total. The van der Waals surface area contributed by atoms with Crippen LogP contribution in [0.4, 0.5) is 8.78 Å². The fraction of sp³-hybridized carbons (Fsp3) is 0. The topological polar surface area (TPSA) is 59.4 Å². The van der Waals surface area contributed by atoms with Gasteiger partial charge in [0.05, 0.1) is 0 Å². The number of hydrogen-bond acceptors (Lipinski definition) is 3. The molecule has 0 aliphatic carbocycles. The normalized spacial score (nSPS) is 10.7. The zero-order valence-corrected chi connectivity index (χ0v) is 10.1. The van der Waals surface area contributed by atoms with Crippen molar-refractivity contribution in [1.82, 2.24) is 4.98 Å². The number of aromatic nitrogens is 1. The van der Waals surface area contributed by atoms with E-state index in [1.807, 2.05) is 0 Å². The van der Waals surface area contributed by atoms with Gasteiger partial charge in [-0.25, -0.2) is 18.6 Å². The minimum atomic E-state index is -1.06. The van der Waals surface area contributed by atoms with Crippen molar-refractivity contribution in [3.05, 3.63) is 59.8 Å². The first-order valence-corrected chi connectivity index (χ1v) is 5.54. The van der Waals surface area contributed by atoms with Crippen LogP contribution in [0.3, 0.4) is 0 Å². The van der Waals surface area contributed by atoms with Crippen LogP contribution in [0, 0.1) is 11.6 Å². The Morgan fingerprint density at radius 1 is 1.20 bits per heavy atom. The third-order valence-electron chi connectivity index (χ3n) is 2.29. The third kappa shape index (κ3) is 3.61. The van der Waals surface area contributed by atoms with Crippen molar-refractivity contribution in [2.24, 2.45) is 0 Å². The molecule has 102 valence electrons. The molecule has 1 aromatic heterocycles. The van der Waals surface area contributed by atoms with Crippen LogP contribution in [0.5, 0.6) is 11.6 Å². The van der Waals surface area contributed by atoms with E-state index in [4.69, 9.17) is 9.84 Å². The van der Waals surface area contributed by atoms with Crippen molar-refractivity contribution in [3.8, 4) is 11.6 Å². The molecule has 6 heteroatoms. The quantitative estimate of drug-likeness (QED) is 0.871. The van der Waals surface area contributed by atoms with E-state index in [9.17, 15) is 13.6 Å². The predicted molar refractivity (Wildman–Crippen MR) is 67.3 cm³/mol. The molecule has 2 aromatic rings. The van der Waals surface area contributed by atoms with E-state index >= 15 is 0 Å². The van der Waals surface area contributed by atoms with Gasteiger partial charge in [-0.2, -0.15) is 0 Å². The summed E-state index contributed by atoms with van der Waals surface area (Å²) in [6, 6.07) is 6.21. The molecule has 2 rings (SSSR count). The first kappa shape index (κ1) is 13.7. The molecule has 1 heterocycles. The van der Waals surface area contributed by atoms with E-state index in [0.717, 1.165) is 18.2 Å². The van der Waals surface area contributed by atoms with Crippen LogP contribution in [0.25, 0.3) is 6.08 Å². The molecule has 0 unspecified atom stereocenters. The molecule has 0 aliphatic rings. The highest BCUT2D eigenvalue weighted by Crippen LogP contribution is 2.21. The number of rotatable bonds is 4. The van der Waals surface area contributed by atoms with Crippen molar-refractivity contribution < 1.29 is 23.4 Å². The number of ether oxygens (including phenoxy) is 1. The van der Waals surface area contributed by atoms with Gasteiger partial charge in [-0.15, -0.1) is 0 Å². The lowest BCUT2D eigenvalue weighted by atomic mass is 10.2. The molecule has 0 spiro atoms. The van der Waals surface area contributed by atoms with E-state index in [0.29, 0.717) is 5.56 Å². The lowest BCUT2D eigenvalue weighted by Gasteiger charge is -2.05. The van der Waals surface area contributed by atoms with Gasteiger partial charge in [0.2, 0.25) is 5.88 Å². The summed E-state index contributed by atoms with van der Waals surface area (Å²) < 4.78 is 31.0. The molecule has 1 aromatic carbocycles. The van der Waals surface area contributed by atoms with Gasteiger partial charge >= 0.3 is 5.97 Å². The fourth-order valence-electron chi connectivity index (χ4n) is 1.38. The fourth-order valence-corrected chi connectivity index (χ4v) is 1.38. The monoisotopic (exact) mass is 277 g/mol. The number of carbonyl (C=O) groups is 1. The Morgan fingerprint density at radius 3 is 2.60 bits per heavy atom. The van der Waals surface area contributed by atoms with Gasteiger partial charge in [0.1, 0.15) is 5.75 Å². The summed E-state index contributed by atoms with van der Waals surface area (Å²) in [5.74, 6) is -2.73. The Labute approximate surface area is 113 Å². The van der Waals surface area contributed by atoms with Crippen LogP contribution in [0.2, 0.25) is 0 Å². The summed E-state index contributed by atoms with van der Waals surface area (Å²) in [4.78, 5) is 14.3. The van der Waals surface area contributed by atoms with Crippen molar-refractivity contribution in [1.29, 1.82) is 0 Å². The highest BCUT2D eigenvalue weighted by atomic mass is 19.2. The number of carboxylic acids is 1. The van der Waals surface area contributed by atoms with Crippen LogP contribution in [0.1, 0.15) is 5.56 Å². The van der Waals surface area contributed by atoms with Crippen LogP contribution in [-0.2, 0) is 4.79 Å². The minimum Gasteiger partial charge on any atom is -0.478 e. The van der Waals surface area contributed by atoms with E-state index in [2.05, 4.69) is 4.98 Å². The maximum atomic E-state index is 13.0. The maximum absolute atomic E-state index is 13.0. The summed E-state index contributed by atoms with van der Waals surface area (Å²) in [6.07, 6.45) is 3.75. The van der Waals surface area contributed by atoms with Gasteiger partial charge in [0.15, 0.2) is 11.6 Å². The second kappa shape index (κ2) is 5.92. The molecular weight excluding hydrogens is 268 g/mol. The largest absolute Gasteiger partial charge is 0.478 e. The Hall–Kier alpha value is -2.76. The lowest BCUT2D eigenvalue weighted by Crippen LogP contribution is -1.91. The number of hydrogen-bond donors (Lipinski definition) is 1. The molecule has 0 atom stereocenters. The molecule has 0 saturated heterocycles. The van der Waals surface area contributed by atoms with E-state index in [1.54, 1.807) is 6.07 Å². The van der Waals surface area contributed by atoms with E-state index in [1.165, 1.54) is 24.4 Å². The SMILES string of the molecule is O=C(O)/C=C/c1ccc(Oc2ccc(F)c(F)c2)nc1. The van der Waals surface area contributed by atoms with Gasteiger partial charge in [-0.1, -0.05) is 0 Å². The van der Waals surface area contributed by atoms with Crippen LogP contribution in [0.15, 0.2) is 42.6 Å². The highest BCUT2D eigenvalue weighted by Gasteiger charge is 2.04. The second-order valence-electron chi connectivity index (χ2n) is 3.78. The predicted octanol–water partition coefficient (Wildman–Crippen LogP) is 3.25. The summed E-state index contributed by atoms with van der Waals surface area (Å²) in [6.45, 7) is 0. The van der Waals surface area contributed by atoms with E-state index < -0.39 is 17.6 Å². The van der Waals surface area contributed by atoms with Gasteiger partial charge in [-0.05, 0) is 29.8 Å². The van der Waals surface area contributed by atoms with E-state index in [-0.39, 0.29) is 11.6 Å². The van der Waals surface area contributed by atoms with Crippen molar-refractivity contribution in [3.63, 3.8) is 0 Å². The third-order valence-corrected chi connectivity index (χ3v) is 2.29. The summed E-state index contributed by atoms with van der Waals surface area (Å²) in [5.41, 5.74) is 0.574. The number of nitrogens with zero attached hydrogens (tertiary/aromatic N) is 1. The molecule has 0 aliphatic heterocycles. The number of benzene rings is 1. The molecule has 0 fully saturated rings. The Kier molecular flexibility index (Phi) is 4.05. The van der Waals surface area contributed by atoms with Crippen molar-refractivity contribution >= 4 is 12.0 Å². The first-order chi connectivity index (χ1) is 9.54. The van der Waals surface area contributed by atoms with Gasteiger partial charge < -0.3 is 9.84 Å². The lowest BCUT2D eigenvalue weighted by molar-refractivity contribution is -0.131. The Morgan fingerprint density at radius 2 is 2.00 bits per heavy atom. The number of carboxylic acid groups (broad SMARTS) is 1. The van der Waals surface area contributed by atoms with Crippen molar-refractivity contribution in [2.45, 2.75) is 0 Å². The number of aliphatic carboxylic acids is 1. The molecule has 20 heavy (non-hydrogen) atoms. The standard InChI is InChI=1S/C14H9F2NO3/c15-11-4-3-10(7-12(11)16)20-13-5-1-9(8-17-13)2-6-14(18)19/h1-8H,(H,18,19)/b6-2+. The molecular formula is C14H9F2NO3. The highest BCUT2D eigenvalue weighted by molar-refractivity contribution is 5.85. The number of pyridine rings is 1. The van der Waals surface area contributed by atoms with Crippen LogP contribution in [-0.4, -0.2) is 16.1 Å². The maximum Gasteiger partial charge on any atom is 0.328 e. The smallest absolute Gasteiger partial charge is 0.328 e. The molecule has 0 radical (unpaired) electrons. The summed E-state index contributed by atoms with van der Waals surface area (Å²) in [5, 5.41) is 8.47. The average Bonchev–Trinajstić information content (AvgIpc) is 2.42. The molecule has 0 saturated carbocycles. The molecule has 0 bridgehead atoms. The average molecular weight is 277 g/mol. The first-order valence-electron chi connectivity index (χ1n) is 5.54. The van der Waals surface area contributed by atoms with Crippen LogP contribution >= 0.6 is 0 Å². The molecule has 1 N–H and O–H groups in total. The zero-order chi connectivity index (χ0) is 14.5.